The number of aromatic nitrogens is 4. The van der Waals surface area contributed by atoms with Gasteiger partial charge in [0.25, 0.3) is 0 Å². The second kappa shape index (κ2) is 8.22. The van der Waals surface area contributed by atoms with E-state index in [0.717, 1.165) is 4.57 Å². The number of nitrogens with zero attached hydrogens (tertiary/aromatic N) is 5. The molecule has 3 aromatic rings. The molecule has 0 aliphatic heterocycles. The molecular formula is C15H16BrFN6O4S. The van der Waals surface area contributed by atoms with E-state index in [1.807, 2.05) is 0 Å². The lowest BCUT2D eigenvalue weighted by Crippen LogP contribution is -2.18. The van der Waals surface area contributed by atoms with E-state index in [4.69, 9.17) is 9.15 Å². The quantitative estimate of drug-likeness (QED) is 0.552. The predicted molar refractivity (Wildman–Crippen MR) is 103 cm³/mol. The van der Waals surface area contributed by atoms with Gasteiger partial charge in [0, 0.05) is 34.8 Å². The van der Waals surface area contributed by atoms with E-state index in [9.17, 15) is 13.4 Å². The van der Waals surface area contributed by atoms with Crippen LogP contribution in [0.1, 0.15) is 6.92 Å². The molecule has 2 aromatic heterocycles. The smallest absolute Gasteiger partial charge is 0.364 e. The van der Waals surface area contributed by atoms with Gasteiger partial charge in [0.15, 0.2) is 5.69 Å². The molecule has 3 rings (SSSR count). The average molecular weight is 475 g/mol. The number of rotatable bonds is 7. The Labute approximate surface area is 167 Å². The molecule has 1 N–H and O–H groups in total. The van der Waals surface area contributed by atoms with Crippen LogP contribution in [0.3, 0.4) is 0 Å². The van der Waals surface area contributed by atoms with Crippen molar-refractivity contribution in [2.24, 2.45) is 4.36 Å². The van der Waals surface area contributed by atoms with Crippen molar-refractivity contribution in [3.63, 3.8) is 0 Å². The highest BCUT2D eigenvalue weighted by Gasteiger charge is 2.23. The summed E-state index contributed by atoms with van der Waals surface area (Å²) < 4.78 is 40.6. The number of anilines is 1. The first-order chi connectivity index (χ1) is 13.4. The number of hydrogen-bond donors (Lipinski definition) is 1. The third-order valence-electron chi connectivity index (χ3n) is 3.96. The van der Waals surface area contributed by atoms with Gasteiger partial charge >= 0.3 is 5.76 Å². The van der Waals surface area contributed by atoms with Crippen LogP contribution in [0.15, 0.2) is 41.0 Å². The van der Waals surface area contributed by atoms with Crippen molar-refractivity contribution in [1.82, 2.24) is 20.0 Å². The van der Waals surface area contributed by atoms with E-state index in [-0.39, 0.29) is 28.4 Å². The third-order valence-corrected chi connectivity index (χ3v) is 6.98. The third kappa shape index (κ3) is 3.99. The molecule has 150 valence electrons. The van der Waals surface area contributed by atoms with Crippen molar-refractivity contribution >= 4 is 31.5 Å². The lowest BCUT2D eigenvalue weighted by atomic mass is 10.3. The first kappa shape index (κ1) is 20.2. The van der Waals surface area contributed by atoms with Crippen LogP contribution in [0.2, 0.25) is 0 Å². The van der Waals surface area contributed by atoms with Gasteiger partial charge in [-0.3, -0.25) is 4.52 Å². The SMILES string of the molecule is CCS(=O)(CCNc1nonc1-c1noc(=O)n1-c1ccc(F)c(Br)c1)=NC. The molecule has 2 heterocycles. The van der Waals surface area contributed by atoms with Crippen molar-refractivity contribution in [3.05, 3.63) is 39.0 Å². The van der Waals surface area contributed by atoms with Crippen LogP contribution >= 0.6 is 15.9 Å². The summed E-state index contributed by atoms with van der Waals surface area (Å²) in [4.78, 5) is 12.1. The second-order valence-electron chi connectivity index (χ2n) is 5.54. The van der Waals surface area contributed by atoms with E-state index < -0.39 is 21.3 Å². The number of nitrogens with one attached hydrogen (secondary N) is 1. The minimum Gasteiger partial charge on any atom is -0.364 e. The van der Waals surface area contributed by atoms with E-state index in [2.05, 4.69) is 41.1 Å². The minimum atomic E-state index is -2.30. The zero-order chi connectivity index (χ0) is 20.3. The average Bonchev–Trinajstić information content (AvgIpc) is 3.30. The highest BCUT2D eigenvalue weighted by Crippen LogP contribution is 2.26. The van der Waals surface area contributed by atoms with Crippen molar-refractivity contribution in [2.45, 2.75) is 6.92 Å². The number of hydrogen-bond acceptors (Lipinski definition) is 9. The van der Waals surface area contributed by atoms with Crippen LogP contribution in [0.4, 0.5) is 10.2 Å². The van der Waals surface area contributed by atoms with Crippen molar-refractivity contribution < 1.29 is 17.8 Å². The zero-order valence-electron chi connectivity index (χ0n) is 14.9. The van der Waals surface area contributed by atoms with Gasteiger partial charge in [-0.1, -0.05) is 12.1 Å². The summed E-state index contributed by atoms with van der Waals surface area (Å²) in [5, 5.41) is 14.2. The molecule has 28 heavy (non-hydrogen) atoms. The van der Waals surface area contributed by atoms with Crippen LogP contribution in [0.25, 0.3) is 17.2 Å². The highest BCUT2D eigenvalue weighted by molar-refractivity contribution is 9.10. The summed E-state index contributed by atoms with van der Waals surface area (Å²) in [5.41, 5.74) is 0.421. The maximum atomic E-state index is 13.5. The Morgan fingerprint density at radius 3 is 2.82 bits per heavy atom. The predicted octanol–water partition coefficient (Wildman–Crippen LogP) is 2.31. The standard InChI is InChI=1S/C15H16BrFN6O4S/c1-3-28(25,18-2)7-6-19-13-12(20-27-21-13)14-22-26-15(24)23(14)9-4-5-11(17)10(16)8-9/h4-5,8H,3,6-7H2,1-2H3,(H,19,21). The zero-order valence-corrected chi connectivity index (χ0v) is 17.3. The maximum absolute atomic E-state index is 13.5. The van der Waals surface area contributed by atoms with Crippen LogP contribution in [-0.4, -0.2) is 49.3 Å². The van der Waals surface area contributed by atoms with E-state index in [1.54, 1.807) is 6.92 Å². The Kier molecular flexibility index (Phi) is 5.93. The fourth-order valence-electron chi connectivity index (χ4n) is 2.40. The molecule has 0 saturated heterocycles. The molecule has 13 heteroatoms. The molecule has 0 bridgehead atoms. The molecule has 1 aromatic carbocycles. The summed E-state index contributed by atoms with van der Waals surface area (Å²) in [5.74, 6) is -0.344. The summed E-state index contributed by atoms with van der Waals surface area (Å²) in [7, 11) is -0.780. The van der Waals surface area contributed by atoms with Gasteiger partial charge in [-0.2, -0.15) is 0 Å². The summed E-state index contributed by atoms with van der Waals surface area (Å²) in [6, 6.07) is 3.98. The molecule has 0 aliphatic rings. The Bertz CT molecular complexity index is 1160. The number of halogens is 2. The molecule has 0 amide bonds. The van der Waals surface area contributed by atoms with Gasteiger partial charge in [-0.25, -0.2) is 27.0 Å². The summed E-state index contributed by atoms with van der Waals surface area (Å²) in [6.45, 7) is 2.09. The fraction of sp³-hybridized carbons (Fsp3) is 0.333. The van der Waals surface area contributed by atoms with E-state index >= 15 is 0 Å². The van der Waals surface area contributed by atoms with Gasteiger partial charge in [-0.05, 0) is 44.4 Å². The summed E-state index contributed by atoms with van der Waals surface area (Å²) >= 11 is 3.07. The monoisotopic (exact) mass is 474 g/mol. The molecule has 0 saturated carbocycles. The first-order valence-corrected chi connectivity index (χ1v) is 10.7. The molecule has 0 spiro atoms. The van der Waals surface area contributed by atoms with Crippen molar-refractivity contribution in [3.8, 4) is 17.2 Å². The van der Waals surface area contributed by atoms with Gasteiger partial charge in [0.05, 0.1) is 10.2 Å². The minimum absolute atomic E-state index is 0.0173. The van der Waals surface area contributed by atoms with Gasteiger partial charge in [-0.15, -0.1) is 0 Å². The largest absolute Gasteiger partial charge is 0.446 e. The molecular weight excluding hydrogens is 459 g/mol. The molecule has 0 aliphatic carbocycles. The van der Waals surface area contributed by atoms with E-state index in [0.29, 0.717) is 17.2 Å². The Morgan fingerprint density at radius 1 is 1.36 bits per heavy atom. The van der Waals surface area contributed by atoms with Gasteiger partial charge in [0.2, 0.25) is 11.6 Å². The Hall–Kier alpha value is -2.54. The molecule has 0 radical (unpaired) electrons. The van der Waals surface area contributed by atoms with Crippen molar-refractivity contribution in [1.29, 1.82) is 0 Å². The highest BCUT2D eigenvalue weighted by atomic mass is 79.9. The van der Waals surface area contributed by atoms with Crippen LogP contribution in [0, 0.1) is 5.82 Å². The molecule has 0 fully saturated rings. The second-order valence-corrected chi connectivity index (χ2v) is 9.29. The lowest BCUT2D eigenvalue weighted by Gasteiger charge is -2.08. The lowest BCUT2D eigenvalue weighted by molar-refractivity contribution is 0.309. The Morgan fingerprint density at radius 2 is 2.14 bits per heavy atom. The molecule has 10 nitrogen and oxygen atoms in total. The maximum Gasteiger partial charge on any atom is 0.446 e. The van der Waals surface area contributed by atoms with E-state index in [1.165, 1.54) is 25.2 Å². The first-order valence-electron chi connectivity index (χ1n) is 8.10. The normalized spacial score (nSPS) is 13.3. The Balaban J connectivity index is 1.93. The van der Waals surface area contributed by atoms with Crippen molar-refractivity contribution in [2.75, 3.05) is 30.4 Å². The van der Waals surface area contributed by atoms with Gasteiger partial charge < -0.3 is 5.32 Å². The number of benzene rings is 1. The van der Waals surface area contributed by atoms with Crippen LogP contribution in [0.5, 0.6) is 0 Å². The topological polar surface area (TPSA) is 128 Å². The molecule has 1 unspecified atom stereocenters. The van der Waals surface area contributed by atoms with Crippen LogP contribution < -0.4 is 11.1 Å². The van der Waals surface area contributed by atoms with Crippen LogP contribution in [-0.2, 0) is 9.73 Å². The van der Waals surface area contributed by atoms with Gasteiger partial charge in [0.1, 0.15) is 5.82 Å². The fourth-order valence-corrected chi connectivity index (χ4v) is 3.91. The summed E-state index contributed by atoms with van der Waals surface area (Å²) in [6.07, 6.45) is 0. The molecule has 1 atom stereocenters.